The molecule has 14 heteroatoms. The first-order valence-electron chi connectivity index (χ1n) is 10.2. The molecule has 0 aliphatic heterocycles. The Morgan fingerprint density at radius 2 is 1.70 bits per heavy atom. The number of carboxylic acids is 2. The number of carbonyl (C=O) groups excluding carboxylic acids is 3. The van der Waals surface area contributed by atoms with Crippen molar-refractivity contribution in [2.75, 3.05) is 5.75 Å². The number of carbonyl (C=O) groups is 5. The van der Waals surface area contributed by atoms with Crippen LogP contribution in [0.4, 0.5) is 0 Å². The van der Waals surface area contributed by atoms with Crippen LogP contribution in [0.15, 0.2) is 12.5 Å². The van der Waals surface area contributed by atoms with Crippen LogP contribution >= 0.6 is 12.6 Å². The first-order valence-corrected chi connectivity index (χ1v) is 10.8. The molecule has 0 saturated carbocycles. The molecule has 33 heavy (non-hydrogen) atoms. The van der Waals surface area contributed by atoms with Crippen molar-refractivity contribution in [2.24, 2.45) is 11.7 Å². The van der Waals surface area contributed by atoms with E-state index in [4.69, 9.17) is 10.8 Å². The maximum Gasteiger partial charge on any atom is 0.326 e. The van der Waals surface area contributed by atoms with Gasteiger partial charge in [-0.15, -0.1) is 0 Å². The second-order valence-electron chi connectivity index (χ2n) is 7.50. The van der Waals surface area contributed by atoms with Gasteiger partial charge in [0.2, 0.25) is 17.7 Å². The van der Waals surface area contributed by atoms with Crippen LogP contribution in [0.1, 0.15) is 32.4 Å². The summed E-state index contributed by atoms with van der Waals surface area (Å²) in [6.07, 6.45) is 2.61. The summed E-state index contributed by atoms with van der Waals surface area (Å²) in [5.41, 5.74) is 6.05. The lowest BCUT2D eigenvalue weighted by molar-refractivity contribution is -0.143. The summed E-state index contributed by atoms with van der Waals surface area (Å²) in [4.78, 5) is 66.7. The van der Waals surface area contributed by atoms with E-state index < -0.39 is 60.2 Å². The number of hydrogen-bond acceptors (Lipinski definition) is 8. The Morgan fingerprint density at radius 1 is 1.09 bits per heavy atom. The average molecular weight is 487 g/mol. The third-order valence-electron chi connectivity index (χ3n) is 4.94. The molecule has 3 amide bonds. The van der Waals surface area contributed by atoms with E-state index in [1.807, 2.05) is 0 Å². The molecule has 1 rings (SSSR count). The molecule has 5 unspecified atom stereocenters. The Kier molecular flexibility index (Phi) is 11.4. The van der Waals surface area contributed by atoms with E-state index >= 15 is 0 Å². The fourth-order valence-electron chi connectivity index (χ4n) is 2.79. The molecule has 5 atom stereocenters. The highest BCUT2D eigenvalue weighted by Crippen LogP contribution is 2.09. The molecule has 0 radical (unpaired) electrons. The molecule has 1 heterocycles. The summed E-state index contributed by atoms with van der Waals surface area (Å²) >= 11 is 4.06. The number of imidazole rings is 1. The Balaban J connectivity index is 2.95. The molecular weight excluding hydrogens is 456 g/mol. The number of nitrogens with one attached hydrogen (secondary N) is 4. The highest BCUT2D eigenvalue weighted by Gasteiger charge is 2.31. The van der Waals surface area contributed by atoms with Crippen LogP contribution in [0.5, 0.6) is 0 Å². The van der Waals surface area contributed by atoms with Crippen molar-refractivity contribution in [2.45, 2.75) is 57.3 Å². The summed E-state index contributed by atoms with van der Waals surface area (Å²) in [6.45, 7) is 3.45. The lowest BCUT2D eigenvalue weighted by atomic mass is 9.99. The number of nitrogens with zero attached hydrogens (tertiary/aromatic N) is 1. The first-order chi connectivity index (χ1) is 15.5. The monoisotopic (exact) mass is 486 g/mol. The number of aromatic amines is 1. The lowest BCUT2D eigenvalue weighted by Crippen LogP contribution is -2.58. The van der Waals surface area contributed by atoms with E-state index in [9.17, 15) is 29.1 Å². The molecule has 0 aromatic carbocycles. The molecule has 0 saturated heterocycles. The van der Waals surface area contributed by atoms with Crippen molar-refractivity contribution in [1.82, 2.24) is 25.9 Å². The van der Waals surface area contributed by atoms with Gasteiger partial charge in [0.15, 0.2) is 0 Å². The summed E-state index contributed by atoms with van der Waals surface area (Å²) < 4.78 is 0. The molecule has 8 N–H and O–H groups in total. The van der Waals surface area contributed by atoms with Crippen LogP contribution in [0.3, 0.4) is 0 Å². The van der Waals surface area contributed by atoms with Gasteiger partial charge in [0.25, 0.3) is 0 Å². The van der Waals surface area contributed by atoms with Crippen LogP contribution in [0, 0.1) is 5.92 Å². The maximum absolute atomic E-state index is 12.9. The third kappa shape index (κ3) is 9.10. The zero-order valence-electron chi connectivity index (χ0n) is 18.3. The van der Waals surface area contributed by atoms with Gasteiger partial charge in [0.05, 0.1) is 18.8 Å². The van der Waals surface area contributed by atoms with Gasteiger partial charge in [-0.25, -0.2) is 9.78 Å². The molecule has 0 aliphatic rings. The van der Waals surface area contributed by atoms with E-state index in [1.54, 1.807) is 13.8 Å². The highest BCUT2D eigenvalue weighted by atomic mass is 32.1. The number of carboxylic acid groups (broad SMARTS) is 2. The van der Waals surface area contributed by atoms with E-state index in [0.29, 0.717) is 12.1 Å². The average Bonchev–Trinajstić information content (AvgIpc) is 3.26. The minimum atomic E-state index is -1.39. The number of thiol groups is 1. The summed E-state index contributed by atoms with van der Waals surface area (Å²) in [5.74, 6) is -5.39. The quantitative estimate of drug-likeness (QED) is 0.140. The van der Waals surface area contributed by atoms with Crippen molar-refractivity contribution < 1.29 is 34.2 Å². The molecule has 1 aromatic heterocycles. The third-order valence-corrected chi connectivity index (χ3v) is 5.30. The zero-order chi connectivity index (χ0) is 25.1. The van der Waals surface area contributed by atoms with Gasteiger partial charge in [-0.2, -0.15) is 12.6 Å². The Hall–Kier alpha value is -3.13. The molecule has 184 valence electrons. The SMILES string of the molecule is CCC(C)C(NC(=O)C(CS)NC(=O)C(Cc1cnc[nH]1)NC(=O)C(N)CC(=O)O)C(=O)O. The van der Waals surface area contributed by atoms with Crippen molar-refractivity contribution in [3.63, 3.8) is 0 Å². The Labute approximate surface area is 195 Å². The molecule has 0 aliphatic carbocycles. The van der Waals surface area contributed by atoms with E-state index in [1.165, 1.54) is 12.5 Å². The fourth-order valence-corrected chi connectivity index (χ4v) is 3.05. The lowest BCUT2D eigenvalue weighted by Gasteiger charge is -2.25. The van der Waals surface area contributed by atoms with Gasteiger partial charge in [-0.3, -0.25) is 19.2 Å². The van der Waals surface area contributed by atoms with Crippen molar-refractivity contribution >= 4 is 42.3 Å². The van der Waals surface area contributed by atoms with Crippen LogP contribution < -0.4 is 21.7 Å². The molecule has 0 fully saturated rings. The van der Waals surface area contributed by atoms with Crippen molar-refractivity contribution in [3.05, 3.63) is 18.2 Å². The van der Waals surface area contributed by atoms with Crippen LogP contribution in [0.25, 0.3) is 0 Å². The van der Waals surface area contributed by atoms with Crippen molar-refractivity contribution in [3.8, 4) is 0 Å². The van der Waals surface area contributed by atoms with Gasteiger partial charge >= 0.3 is 11.9 Å². The summed E-state index contributed by atoms with van der Waals surface area (Å²) in [7, 11) is 0. The number of H-pyrrole nitrogens is 1. The highest BCUT2D eigenvalue weighted by molar-refractivity contribution is 7.80. The van der Waals surface area contributed by atoms with E-state index in [2.05, 4.69) is 38.5 Å². The first kappa shape index (κ1) is 27.9. The molecule has 13 nitrogen and oxygen atoms in total. The fraction of sp³-hybridized carbons (Fsp3) is 0.579. The largest absolute Gasteiger partial charge is 0.481 e. The van der Waals surface area contributed by atoms with Crippen LogP contribution in [-0.2, 0) is 30.4 Å². The second kappa shape index (κ2) is 13.4. The number of hydrogen-bond donors (Lipinski definition) is 8. The Morgan fingerprint density at radius 3 is 2.18 bits per heavy atom. The summed E-state index contributed by atoms with van der Waals surface area (Å²) in [6, 6.07) is -4.97. The standard InChI is InChI=1S/C19H30N6O7S/c1-3-9(2)15(19(31)32)25-18(30)13(7-33)24-17(29)12(4-10-6-21-8-22-10)23-16(28)11(20)5-14(26)27/h6,8-9,11-13,15,33H,3-5,7,20H2,1-2H3,(H,21,22)(H,23,28)(H,24,29)(H,25,30)(H,26,27)(H,31,32). The molecular formula is C19H30N6O7S. The van der Waals surface area contributed by atoms with E-state index in [0.717, 1.165) is 0 Å². The molecule has 1 aromatic rings. The zero-order valence-corrected chi connectivity index (χ0v) is 19.2. The minimum Gasteiger partial charge on any atom is -0.481 e. The minimum absolute atomic E-state index is 0.0527. The smallest absolute Gasteiger partial charge is 0.326 e. The van der Waals surface area contributed by atoms with E-state index in [-0.39, 0.29) is 18.1 Å². The van der Waals surface area contributed by atoms with Crippen LogP contribution in [0.2, 0.25) is 0 Å². The number of aromatic nitrogens is 2. The number of rotatable bonds is 14. The Bertz CT molecular complexity index is 835. The number of nitrogens with two attached hydrogens (primary N) is 1. The predicted molar refractivity (Wildman–Crippen MR) is 119 cm³/mol. The molecule has 0 spiro atoms. The summed E-state index contributed by atoms with van der Waals surface area (Å²) in [5, 5.41) is 25.4. The predicted octanol–water partition coefficient (Wildman–Crippen LogP) is -1.73. The number of amides is 3. The van der Waals surface area contributed by atoms with Gasteiger partial charge in [0, 0.05) is 24.1 Å². The molecule has 0 bridgehead atoms. The van der Waals surface area contributed by atoms with Crippen LogP contribution in [-0.4, -0.2) is 79.8 Å². The van der Waals surface area contributed by atoms with Crippen molar-refractivity contribution in [1.29, 1.82) is 0 Å². The topological polar surface area (TPSA) is 217 Å². The van der Waals surface area contributed by atoms with Gasteiger partial charge in [0.1, 0.15) is 18.1 Å². The van der Waals surface area contributed by atoms with Gasteiger partial charge < -0.3 is 36.9 Å². The normalized spacial score (nSPS) is 15.4. The number of aliphatic carboxylic acids is 2. The second-order valence-corrected chi connectivity index (χ2v) is 7.87. The van der Waals surface area contributed by atoms with Gasteiger partial charge in [-0.1, -0.05) is 20.3 Å². The maximum atomic E-state index is 12.9. The van der Waals surface area contributed by atoms with Gasteiger partial charge in [-0.05, 0) is 5.92 Å².